The molecule has 0 spiro atoms. The second kappa shape index (κ2) is 5.86. The van der Waals surface area contributed by atoms with Crippen molar-refractivity contribution in [2.24, 2.45) is 10.9 Å². The maximum atomic E-state index is 12.3. The van der Waals surface area contributed by atoms with Crippen LogP contribution in [0.25, 0.3) is 0 Å². The summed E-state index contributed by atoms with van der Waals surface area (Å²) in [6.45, 7) is 3.93. The molecule has 1 amide bonds. The van der Waals surface area contributed by atoms with Crippen molar-refractivity contribution in [1.29, 1.82) is 0 Å². The van der Waals surface area contributed by atoms with Gasteiger partial charge in [0, 0.05) is 5.56 Å². The molecule has 20 heavy (non-hydrogen) atoms. The zero-order chi connectivity index (χ0) is 14.7. The Morgan fingerprint density at radius 2 is 2.15 bits per heavy atom. The molecule has 5 nitrogen and oxygen atoms in total. The van der Waals surface area contributed by atoms with Crippen molar-refractivity contribution in [3.05, 3.63) is 29.8 Å². The highest BCUT2D eigenvalue weighted by Gasteiger charge is 2.31. The van der Waals surface area contributed by atoms with Crippen molar-refractivity contribution in [2.75, 3.05) is 12.4 Å². The second-order valence-electron chi connectivity index (χ2n) is 4.83. The first-order valence-electron chi connectivity index (χ1n) is 6.64. The normalized spacial score (nSPS) is 19.2. The van der Waals surface area contributed by atoms with Crippen LogP contribution < -0.4 is 5.32 Å². The van der Waals surface area contributed by atoms with Crippen LogP contribution in [0.1, 0.15) is 25.8 Å². The second-order valence-corrected chi connectivity index (χ2v) is 4.83. The van der Waals surface area contributed by atoms with E-state index in [1.807, 2.05) is 13.8 Å². The number of benzene rings is 1. The van der Waals surface area contributed by atoms with Gasteiger partial charge in [-0.1, -0.05) is 38.5 Å². The summed E-state index contributed by atoms with van der Waals surface area (Å²) in [5.74, 6) is -0.670. The van der Waals surface area contributed by atoms with Crippen molar-refractivity contribution in [1.82, 2.24) is 0 Å². The average molecular weight is 274 g/mol. The summed E-state index contributed by atoms with van der Waals surface area (Å²) < 4.78 is 4.79. The topological polar surface area (TPSA) is 67.8 Å². The minimum atomic E-state index is -0.582. The van der Waals surface area contributed by atoms with Crippen LogP contribution in [0.4, 0.5) is 5.69 Å². The number of methoxy groups -OCH3 is 1. The van der Waals surface area contributed by atoms with Crippen LogP contribution in [-0.4, -0.2) is 30.7 Å². The summed E-state index contributed by atoms with van der Waals surface area (Å²) in [5, 5.41) is 2.84. The Balaban J connectivity index is 2.55. The zero-order valence-corrected chi connectivity index (χ0v) is 11.8. The van der Waals surface area contributed by atoms with Gasteiger partial charge in [0.15, 0.2) is 5.71 Å². The van der Waals surface area contributed by atoms with Gasteiger partial charge < -0.3 is 10.1 Å². The van der Waals surface area contributed by atoms with E-state index in [0.717, 1.165) is 6.42 Å². The molecular formula is C15H18N2O3. The minimum absolute atomic E-state index is 0.0453. The molecule has 1 aromatic carbocycles. The largest absolute Gasteiger partial charge is 0.464 e. The lowest BCUT2D eigenvalue weighted by Crippen LogP contribution is -2.31. The van der Waals surface area contributed by atoms with Gasteiger partial charge in [-0.3, -0.25) is 9.79 Å². The number of para-hydroxylation sites is 1. The summed E-state index contributed by atoms with van der Waals surface area (Å²) in [5.41, 5.74) is 1.39. The zero-order valence-electron chi connectivity index (χ0n) is 11.8. The van der Waals surface area contributed by atoms with Crippen molar-refractivity contribution in [3.63, 3.8) is 0 Å². The molecule has 2 rings (SSSR count). The number of hydrogen-bond donors (Lipinski definition) is 1. The van der Waals surface area contributed by atoms with Crippen LogP contribution in [0.3, 0.4) is 0 Å². The smallest absolute Gasteiger partial charge is 0.356 e. The number of rotatable bonds is 3. The van der Waals surface area contributed by atoms with Gasteiger partial charge in [0.2, 0.25) is 5.91 Å². The maximum Gasteiger partial charge on any atom is 0.356 e. The van der Waals surface area contributed by atoms with Crippen molar-refractivity contribution >= 4 is 23.3 Å². The van der Waals surface area contributed by atoms with E-state index in [1.165, 1.54) is 7.11 Å². The predicted molar refractivity (Wildman–Crippen MR) is 76.9 cm³/mol. The van der Waals surface area contributed by atoms with E-state index in [9.17, 15) is 9.59 Å². The number of ether oxygens (including phenoxy) is 1. The lowest BCUT2D eigenvalue weighted by Gasteiger charge is -2.16. The summed E-state index contributed by atoms with van der Waals surface area (Å²) in [6, 6.07) is 6.53. The number of carbonyl (C=O) groups excluding carboxylic acids is 2. The number of aliphatic imine (C=N–C) groups is 1. The molecule has 0 radical (unpaired) electrons. The van der Waals surface area contributed by atoms with Crippen LogP contribution in [0.2, 0.25) is 0 Å². The minimum Gasteiger partial charge on any atom is -0.464 e. The summed E-state index contributed by atoms with van der Waals surface area (Å²) >= 11 is 0. The van der Waals surface area contributed by atoms with E-state index < -0.39 is 12.0 Å². The van der Waals surface area contributed by atoms with Gasteiger partial charge in [0.25, 0.3) is 0 Å². The third-order valence-corrected chi connectivity index (χ3v) is 3.54. The molecule has 1 aliphatic rings. The number of nitrogens with zero attached hydrogens (tertiary/aromatic N) is 1. The molecule has 0 saturated heterocycles. The molecule has 0 fully saturated rings. The van der Waals surface area contributed by atoms with Gasteiger partial charge in [-0.25, -0.2) is 4.79 Å². The van der Waals surface area contributed by atoms with Crippen molar-refractivity contribution in [3.8, 4) is 0 Å². The Labute approximate surface area is 118 Å². The van der Waals surface area contributed by atoms with Gasteiger partial charge >= 0.3 is 5.97 Å². The first-order valence-corrected chi connectivity index (χ1v) is 6.64. The Bertz CT molecular complexity index is 566. The first-order chi connectivity index (χ1) is 9.58. The van der Waals surface area contributed by atoms with Gasteiger partial charge in [-0.05, 0) is 12.0 Å². The van der Waals surface area contributed by atoms with Crippen LogP contribution >= 0.6 is 0 Å². The van der Waals surface area contributed by atoms with E-state index in [2.05, 4.69) is 10.3 Å². The third-order valence-electron chi connectivity index (χ3n) is 3.54. The third kappa shape index (κ3) is 2.57. The number of carbonyl (C=O) groups is 2. The number of nitrogens with one attached hydrogen (secondary N) is 1. The fourth-order valence-electron chi connectivity index (χ4n) is 2.14. The molecule has 0 aliphatic carbocycles. The van der Waals surface area contributed by atoms with E-state index >= 15 is 0 Å². The molecule has 1 N–H and O–H groups in total. The van der Waals surface area contributed by atoms with Gasteiger partial charge in [0.1, 0.15) is 6.04 Å². The Morgan fingerprint density at radius 3 is 2.80 bits per heavy atom. The summed E-state index contributed by atoms with van der Waals surface area (Å²) in [4.78, 5) is 28.6. The standard InChI is InChI=1S/C15H18N2O3/c1-4-9(2)12-14(18)16-11-8-6-5-7-10(11)13(17-12)15(19)20-3/h5-9,12H,4H2,1-3H3,(H,16,18). The molecule has 1 heterocycles. The van der Waals surface area contributed by atoms with Gasteiger partial charge in [0.05, 0.1) is 12.8 Å². The van der Waals surface area contributed by atoms with Crippen LogP contribution in [0.15, 0.2) is 29.3 Å². The fraction of sp³-hybridized carbons (Fsp3) is 0.400. The fourth-order valence-corrected chi connectivity index (χ4v) is 2.14. The SMILES string of the molecule is CCC(C)C1N=C(C(=O)OC)c2ccccc2NC1=O. The predicted octanol–water partition coefficient (Wildman–Crippen LogP) is 2.02. The quantitative estimate of drug-likeness (QED) is 0.857. The van der Waals surface area contributed by atoms with E-state index in [-0.39, 0.29) is 17.5 Å². The molecule has 106 valence electrons. The molecule has 0 aromatic heterocycles. The number of esters is 1. The van der Waals surface area contributed by atoms with Crippen LogP contribution in [0.5, 0.6) is 0 Å². The lowest BCUT2D eigenvalue weighted by atomic mass is 9.99. The molecule has 5 heteroatoms. The van der Waals surface area contributed by atoms with Crippen LogP contribution in [-0.2, 0) is 14.3 Å². The van der Waals surface area contributed by atoms with Crippen LogP contribution in [0, 0.1) is 5.92 Å². The van der Waals surface area contributed by atoms with Crippen molar-refractivity contribution < 1.29 is 14.3 Å². The Morgan fingerprint density at radius 1 is 1.45 bits per heavy atom. The molecular weight excluding hydrogens is 256 g/mol. The monoisotopic (exact) mass is 274 g/mol. The highest BCUT2D eigenvalue weighted by atomic mass is 16.5. The lowest BCUT2D eigenvalue weighted by molar-refractivity contribution is -0.132. The number of fused-ring (bicyclic) bond motifs is 1. The van der Waals surface area contributed by atoms with Crippen molar-refractivity contribution in [2.45, 2.75) is 26.3 Å². The Kier molecular flexibility index (Phi) is 4.17. The molecule has 2 atom stereocenters. The van der Waals surface area contributed by atoms with E-state index in [1.54, 1.807) is 24.3 Å². The van der Waals surface area contributed by atoms with E-state index in [4.69, 9.17) is 4.74 Å². The molecule has 1 aliphatic heterocycles. The molecule has 0 saturated carbocycles. The summed E-state index contributed by atoms with van der Waals surface area (Å²) in [7, 11) is 1.31. The number of amides is 1. The molecule has 1 aromatic rings. The van der Waals surface area contributed by atoms with Gasteiger partial charge in [-0.2, -0.15) is 0 Å². The number of benzodiazepines with no additional fused rings is 1. The Hall–Kier alpha value is -2.17. The number of anilines is 1. The maximum absolute atomic E-state index is 12.3. The first kappa shape index (κ1) is 14.2. The molecule has 0 bridgehead atoms. The summed E-state index contributed by atoms with van der Waals surface area (Å²) in [6.07, 6.45) is 0.798. The highest BCUT2D eigenvalue weighted by Crippen LogP contribution is 2.24. The number of hydrogen-bond acceptors (Lipinski definition) is 4. The average Bonchev–Trinajstić information content (AvgIpc) is 2.62. The van der Waals surface area contributed by atoms with Gasteiger partial charge in [-0.15, -0.1) is 0 Å². The van der Waals surface area contributed by atoms with E-state index in [0.29, 0.717) is 11.3 Å². The highest BCUT2D eigenvalue weighted by molar-refractivity contribution is 6.45. The molecule has 2 unspecified atom stereocenters.